The number of rotatable bonds is 13. The maximum absolute atomic E-state index is 13.4. The molecule has 0 bridgehead atoms. The van der Waals surface area contributed by atoms with Crippen molar-refractivity contribution < 1.29 is 28.6 Å². The summed E-state index contributed by atoms with van der Waals surface area (Å²) in [4.78, 5) is 39.9. The van der Waals surface area contributed by atoms with Gasteiger partial charge >= 0.3 is 5.97 Å². The molecule has 4 aromatic rings. The number of esters is 1. The van der Waals surface area contributed by atoms with Gasteiger partial charge in [0.2, 0.25) is 5.91 Å². The number of thioether (sulfide) groups is 1. The van der Waals surface area contributed by atoms with Crippen LogP contribution in [0.3, 0.4) is 0 Å². The number of anilines is 1. The van der Waals surface area contributed by atoms with Crippen LogP contribution in [0, 0.1) is 0 Å². The van der Waals surface area contributed by atoms with Gasteiger partial charge in [-0.05, 0) is 75.1 Å². The number of nitrogens with one attached hydrogen (secondary N) is 2. The van der Waals surface area contributed by atoms with E-state index in [4.69, 9.17) is 25.8 Å². The molecule has 2 heterocycles. The van der Waals surface area contributed by atoms with E-state index < -0.39 is 11.2 Å². The number of hydrogen-bond donors (Lipinski definition) is 2. The van der Waals surface area contributed by atoms with Gasteiger partial charge in [0.15, 0.2) is 17.6 Å². The van der Waals surface area contributed by atoms with Crippen molar-refractivity contribution in [3.63, 3.8) is 0 Å². The topological polar surface area (TPSA) is 134 Å². The Kier molecular flexibility index (Phi) is 10.6. The lowest BCUT2D eigenvalue weighted by atomic mass is 10.1. The van der Waals surface area contributed by atoms with Crippen LogP contribution in [0.15, 0.2) is 53.7 Å². The largest absolute Gasteiger partial charge is 0.495 e. The van der Waals surface area contributed by atoms with E-state index in [1.807, 2.05) is 18.2 Å². The average molecular weight is 670 g/mol. The number of para-hydroxylation sites is 2. The third-order valence-electron chi connectivity index (χ3n) is 6.94. The Morgan fingerprint density at radius 2 is 1.89 bits per heavy atom. The highest BCUT2D eigenvalue weighted by Crippen LogP contribution is 2.40. The molecule has 1 atom stereocenters. The van der Waals surface area contributed by atoms with Crippen LogP contribution >= 0.6 is 34.7 Å². The fraction of sp³-hybridized carbons (Fsp3) is 0.323. The molecule has 2 aromatic heterocycles. The van der Waals surface area contributed by atoms with E-state index in [0.29, 0.717) is 43.8 Å². The van der Waals surface area contributed by atoms with E-state index in [2.05, 4.69) is 20.8 Å². The number of methoxy groups -OCH3 is 1. The third kappa shape index (κ3) is 7.60. The molecule has 2 aromatic carbocycles. The summed E-state index contributed by atoms with van der Waals surface area (Å²) >= 11 is 8.53. The monoisotopic (exact) mass is 669 g/mol. The van der Waals surface area contributed by atoms with Crippen LogP contribution in [0.5, 0.6) is 11.5 Å². The van der Waals surface area contributed by atoms with Crippen LogP contribution in [0.4, 0.5) is 5.00 Å². The summed E-state index contributed by atoms with van der Waals surface area (Å²) in [5.74, 6) is 0.416. The van der Waals surface area contributed by atoms with Gasteiger partial charge in [0, 0.05) is 9.90 Å². The minimum atomic E-state index is -0.620. The van der Waals surface area contributed by atoms with Crippen molar-refractivity contribution in [2.45, 2.75) is 50.1 Å². The number of aromatic nitrogens is 3. The van der Waals surface area contributed by atoms with E-state index in [9.17, 15) is 14.4 Å². The molecule has 2 N–H and O–H groups in total. The van der Waals surface area contributed by atoms with Crippen LogP contribution < -0.4 is 20.1 Å². The van der Waals surface area contributed by atoms with E-state index in [-0.39, 0.29) is 31.6 Å². The number of benzene rings is 2. The summed E-state index contributed by atoms with van der Waals surface area (Å²) in [6, 6.07) is 14.0. The van der Waals surface area contributed by atoms with Crippen molar-refractivity contribution in [2.75, 3.05) is 25.6 Å². The first kappa shape index (κ1) is 32.3. The summed E-state index contributed by atoms with van der Waals surface area (Å²) in [5.41, 5.74) is 2.06. The molecule has 1 aliphatic carbocycles. The highest BCUT2D eigenvalue weighted by atomic mass is 35.5. The normalized spacial score (nSPS) is 12.7. The summed E-state index contributed by atoms with van der Waals surface area (Å²) in [6.07, 6.45) is 2.64. The first-order valence-electron chi connectivity index (χ1n) is 14.3. The van der Waals surface area contributed by atoms with Gasteiger partial charge in [0.05, 0.1) is 36.8 Å². The van der Waals surface area contributed by atoms with Gasteiger partial charge in [-0.3, -0.25) is 14.2 Å². The molecule has 0 spiro atoms. The third-order valence-corrected chi connectivity index (χ3v) is 9.44. The lowest BCUT2D eigenvalue weighted by Gasteiger charge is -2.16. The zero-order chi connectivity index (χ0) is 31.9. The van der Waals surface area contributed by atoms with Crippen molar-refractivity contribution >= 4 is 57.5 Å². The summed E-state index contributed by atoms with van der Waals surface area (Å²) < 4.78 is 18.2. The highest BCUT2D eigenvalue weighted by Gasteiger charge is 2.30. The number of aryl methyl sites for hydroxylation is 1. The number of fused-ring (bicyclic) bond motifs is 1. The van der Waals surface area contributed by atoms with Gasteiger partial charge in [-0.2, -0.15) is 0 Å². The van der Waals surface area contributed by atoms with Crippen molar-refractivity contribution in [2.24, 2.45) is 0 Å². The molecular formula is C31H32ClN5O6S2. The predicted molar refractivity (Wildman–Crippen MR) is 173 cm³/mol. The smallest absolute Gasteiger partial charge is 0.341 e. The maximum atomic E-state index is 13.4. The molecule has 236 valence electrons. The fourth-order valence-electron chi connectivity index (χ4n) is 4.79. The van der Waals surface area contributed by atoms with Crippen molar-refractivity contribution in [1.29, 1.82) is 0 Å². The van der Waals surface area contributed by atoms with Crippen molar-refractivity contribution in [1.82, 2.24) is 20.1 Å². The van der Waals surface area contributed by atoms with Gasteiger partial charge < -0.3 is 24.8 Å². The van der Waals surface area contributed by atoms with E-state index in [1.54, 1.807) is 55.9 Å². The minimum absolute atomic E-state index is 0.0403. The number of thiophene rings is 1. The Morgan fingerprint density at radius 3 is 2.64 bits per heavy atom. The quantitative estimate of drug-likeness (QED) is 0.140. The van der Waals surface area contributed by atoms with Crippen LogP contribution in [0.1, 0.15) is 46.9 Å². The molecule has 0 aliphatic heterocycles. The van der Waals surface area contributed by atoms with Gasteiger partial charge in [-0.15, -0.1) is 21.5 Å². The Bertz CT molecular complexity index is 1690. The molecule has 2 amide bonds. The molecule has 11 nitrogen and oxygen atoms in total. The summed E-state index contributed by atoms with van der Waals surface area (Å²) in [6.45, 7) is 3.60. The minimum Gasteiger partial charge on any atom is -0.495 e. The van der Waals surface area contributed by atoms with Crippen LogP contribution in [0.25, 0.3) is 5.69 Å². The number of hydrogen-bond acceptors (Lipinski definition) is 10. The standard InChI is InChI=1S/C31H32ClN5O6S2/c1-4-42-30(40)27-21-8-7-11-24(21)45-29(27)34-28(39)18(2)44-31-36-35-25(37(31)22-9-5-6-10-23(22)41-3)16-33-26(38)17-43-20-14-12-19(32)13-15-20/h5-6,9-10,12-15,18H,4,7-8,11,16-17H2,1-3H3,(H,33,38)(H,34,39)/t18-/m0/s1. The Morgan fingerprint density at radius 1 is 1.11 bits per heavy atom. The van der Waals surface area contributed by atoms with Crippen LogP contribution in [0.2, 0.25) is 5.02 Å². The Labute approximate surface area is 273 Å². The fourth-order valence-corrected chi connectivity index (χ4v) is 7.08. The van der Waals surface area contributed by atoms with E-state index in [0.717, 1.165) is 29.7 Å². The molecule has 45 heavy (non-hydrogen) atoms. The SMILES string of the molecule is CCOC(=O)c1c(NC(=O)[C@H](C)Sc2nnc(CNC(=O)COc3ccc(Cl)cc3)n2-c2ccccc2OC)sc2c1CCC2. The number of carbonyl (C=O) groups is 3. The highest BCUT2D eigenvalue weighted by molar-refractivity contribution is 8.00. The molecule has 0 radical (unpaired) electrons. The second kappa shape index (κ2) is 14.8. The summed E-state index contributed by atoms with van der Waals surface area (Å²) in [5, 5.41) is 15.3. The second-order valence-corrected chi connectivity index (χ2v) is 12.8. The Hall–Kier alpha value is -4.07. The van der Waals surface area contributed by atoms with Gasteiger partial charge in [0.1, 0.15) is 16.5 Å². The van der Waals surface area contributed by atoms with E-state index >= 15 is 0 Å². The lowest BCUT2D eigenvalue weighted by molar-refractivity contribution is -0.123. The first-order chi connectivity index (χ1) is 21.8. The zero-order valence-corrected chi connectivity index (χ0v) is 27.3. The van der Waals surface area contributed by atoms with Crippen LogP contribution in [-0.4, -0.2) is 58.1 Å². The number of carbonyl (C=O) groups excluding carboxylic acids is 3. The summed E-state index contributed by atoms with van der Waals surface area (Å²) in [7, 11) is 1.56. The first-order valence-corrected chi connectivity index (χ1v) is 16.4. The van der Waals surface area contributed by atoms with Gasteiger partial charge in [0.25, 0.3) is 5.91 Å². The Balaban J connectivity index is 1.32. The number of nitrogens with zero attached hydrogens (tertiary/aromatic N) is 3. The second-order valence-electron chi connectivity index (χ2n) is 9.96. The molecule has 0 saturated heterocycles. The molecule has 5 rings (SSSR count). The molecule has 14 heteroatoms. The van der Waals surface area contributed by atoms with Gasteiger partial charge in [-0.25, -0.2) is 4.79 Å². The number of amides is 2. The molecule has 0 fully saturated rings. The van der Waals surface area contributed by atoms with Crippen LogP contribution in [-0.2, 0) is 33.7 Å². The average Bonchev–Trinajstić information content (AvgIpc) is 3.74. The van der Waals surface area contributed by atoms with Crippen molar-refractivity contribution in [3.05, 3.63) is 75.4 Å². The maximum Gasteiger partial charge on any atom is 0.341 e. The molecule has 0 saturated carbocycles. The molecule has 1 aliphatic rings. The zero-order valence-electron chi connectivity index (χ0n) is 24.9. The van der Waals surface area contributed by atoms with Crippen molar-refractivity contribution in [3.8, 4) is 17.2 Å². The lowest BCUT2D eigenvalue weighted by Crippen LogP contribution is -2.29. The number of ether oxygens (including phenoxy) is 3. The molecular weight excluding hydrogens is 638 g/mol. The number of halogens is 1. The molecule has 0 unspecified atom stereocenters. The predicted octanol–water partition coefficient (Wildman–Crippen LogP) is 5.47. The van der Waals surface area contributed by atoms with Gasteiger partial charge in [-0.1, -0.05) is 35.5 Å². The van der Waals surface area contributed by atoms with E-state index in [1.165, 1.54) is 23.1 Å².